The first-order chi connectivity index (χ1) is 9.70. The molecule has 20 heavy (non-hydrogen) atoms. The van der Waals surface area contributed by atoms with Crippen molar-refractivity contribution < 1.29 is 0 Å². The van der Waals surface area contributed by atoms with Gasteiger partial charge >= 0.3 is 0 Å². The zero-order valence-electron chi connectivity index (χ0n) is 10.7. The van der Waals surface area contributed by atoms with Crippen LogP contribution in [-0.4, -0.2) is 24.5 Å². The predicted octanol–water partition coefficient (Wildman–Crippen LogP) is 1.37. The SMILES string of the molecule is Nc1nc(N)c2ncn(Cc3csc(C4CC4)n3)c2n1. The summed E-state index contributed by atoms with van der Waals surface area (Å²) in [5, 5.41) is 3.32. The van der Waals surface area contributed by atoms with Gasteiger partial charge in [0.05, 0.1) is 23.6 Å². The Bertz CT molecular complexity index is 786. The summed E-state index contributed by atoms with van der Waals surface area (Å²) >= 11 is 1.73. The molecular weight excluding hydrogens is 274 g/mol. The van der Waals surface area contributed by atoms with Gasteiger partial charge in [-0.25, -0.2) is 9.97 Å². The van der Waals surface area contributed by atoms with Crippen LogP contribution >= 0.6 is 11.3 Å². The highest BCUT2D eigenvalue weighted by atomic mass is 32.1. The number of imidazole rings is 1. The van der Waals surface area contributed by atoms with Gasteiger partial charge in [0.2, 0.25) is 5.95 Å². The fourth-order valence-corrected chi connectivity index (χ4v) is 3.17. The summed E-state index contributed by atoms with van der Waals surface area (Å²) in [6.07, 6.45) is 4.23. The fourth-order valence-electron chi connectivity index (χ4n) is 2.19. The van der Waals surface area contributed by atoms with E-state index in [0.29, 0.717) is 29.4 Å². The molecule has 4 N–H and O–H groups in total. The van der Waals surface area contributed by atoms with Gasteiger partial charge in [-0.2, -0.15) is 9.97 Å². The van der Waals surface area contributed by atoms with E-state index in [1.807, 2.05) is 4.57 Å². The van der Waals surface area contributed by atoms with Gasteiger partial charge in [-0.3, -0.25) is 0 Å². The van der Waals surface area contributed by atoms with Crippen molar-refractivity contribution in [3.05, 3.63) is 22.4 Å². The molecule has 8 heteroatoms. The Labute approximate surface area is 118 Å². The summed E-state index contributed by atoms with van der Waals surface area (Å²) in [7, 11) is 0. The van der Waals surface area contributed by atoms with Crippen molar-refractivity contribution in [3.8, 4) is 0 Å². The Hall–Kier alpha value is -2.22. The lowest BCUT2D eigenvalue weighted by molar-refractivity contribution is 0.789. The Morgan fingerprint density at radius 1 is 1.25 bits per heavy atom. The Morgan fingerprint density at radius 3 is 2.90 bits per heavy atom. The molecule has 0 amide bonds. The number of thiazole rings is 1. The summed E-state index contributed by atoms with van der Waals surface area (Å²) in [4.78, 5) is 17.0. The Kier molecular flexibility index (Phi) is 2.40. The van der Waals surface area contributed by atoms with Gasteiger partial charge < -0.3 is 16.0 Å². The summed E-state index contributed by atoms with van der Waals surface area (Å²) in [5.41, 5.74) is 13.7. The third kappa shape index (κ3) is 1.88. The van der Waals surface area contributed by atoms with Crippen molar-refractivity contribution >= 4 is 34.3 Å². The van der Waals surface area contributed by atoms with Crippen molar-refractivity contribution in [2.24, 2.45) is 0 Å². The predicted molar refractivity (Wildman–Crippen MR) is 77.3 cm³/mol. The number of aromatic nitrogens is 5. The van der Waals surface area contributed by atoms with E-state index in [1.54, 1.807) is 17.7 Å². The molecule has 102 valence electrons. The molecule has 0 radical (unpaired) electrons. The number of anilines is 2. The Balaban J connectivity index is 1.70. The van der Waals surface area contributed by atoms with Crippen molar-refractivity contribution in [2.75, 3.05) is 11.5 Å². The minimum absolute atomic E-state index is 0.161. The molecular formula is C12H13N7S. The standard InChI is InChI=1S/C12H13N7S/c13-9-8-10(18-12(14)17-9)19(5-15-8)3-7-4-20-11(16-7)6-1-2-6/h4-6H,1-3H2,(H4,13,14,17,18). The second-order valence-electron chi connectivity index (χ2n) is 4.96. The highest BCUT2D eigenvalue weighted by Gasteiger charge is 2.26. The molecule has 0 bridgehead atoms. The van der Waals surface area contributed by atoms with Gasteiger partial charge in [-0.15, -0.1) is 11.3 Å². The van der Waals surface area contributed by atoms with E-state index in [-0.39, 0.29) is 5.95 Å². The summed E-state index contributed by atoms with van der Waals surface area (Å²) in [6.45, 7) is 0.621. The maximum Gasteiger partial charge on any atom is 0.224 e. The third-order valence-corrected chi connectivity index (χ3v) is 4.39. The molecule has 3 aromatic heterocycles. The largest absolute Gasteiger partial charge is 0.382 e. The normalized spacial score (nSPS) is 15.0. The quantitative estimate of drug-likeness (QED) is 0.753. The first-order valence-corrected chi connectivity index (χ1v) is 7.27. The summed E-state index contributed by atoms with van der Waals surface area (Å²) in [5.74, 6) is 1.15. The van der Waals surface area contributed by atoms with E-state index in [9.17, 15) is 0 Å². The molecule has 7 nitrogen and oxygen atoms in total. The lowest BCUT2D eigenvalue weighted by Crippen LogP contribution is -2.04. The average molecular weight is 287 g/mol. The zero-order valence-corrected chi connectivity index (χ0v) is 11.5. The zero-order chi connectivity index (χ0) is 13.7. The summed E-state index contributed by atoms with van der Waals surface area (Å²) < 4.78 is 1.90. The van der Waals surface area contributed by atoms with Crippen LogP contribution in [-0.2, 0) is 6.54 Å². The van der Waals surface area contributed by atoms with E-state index >= 15 is 0 Å². The van der Waals surface area contributed by atoms with Crippen LogP contribution in [0.3, 0.4) is 0 Å². The monoisotopic (exact) mass is 287 g/mol. The Morgan fingerprint density at radius 2 is 2.10 bits per heavy atom. The maximum absolute atomic E-state index is 5.80. The van der Waals surface area contributed by atoms with Crippen LogP contribution < -0.4 is 11.5 Å². The first-order valence-electron chi connectivity index (χ1n) is 6.39. The second-order valence-corrected chi connectivity index (χ2v) is 5.85. The van der Waals surface area contributed by atoms with Gasteiger partial charge in [0.15, 0.2) is 11.5 Å². The van der Waals surface area contributed by atoms with Crippen molar-refractivity contribution in [1.29, 1.82) is 0 Å². The second kappa shape index (κ2) is 4.14. The topological polar surface area (TPSA) is 109 Å². The molecule has 0 unspecified atom stereocenters. The van der Waals surface area contributed by atoms with Gasteiger partial charge in [0.1, 0.15) is 5.52 Å². The van der Waals surface area contributed by atoms with Crippen LogP contribution in [0.1, 0.15) is 29.5 Å². The molecule has 0 spiro atoms. The number of nitrogen functional groups attached to an aromatic ring is 2. The van der Waals surface area contributed by atoms with Crippen molar-refractivity contribution in [2.45, 2.75) is 25.3 Å². The average Bonchev–Trinajstić information content (AvgIpc) is 3.03. The molecule has 0 atom stereocenters. The molecule has 0 aliphatic heterocycles. The smallest absolute Gasteiger partial charge is 0.224 e. The highest BCUT2D eigenvalue weighted by Crippen LogP contribution is 2.41. The van der Waals surface area contributed by atoms with Crippen LogP contribution in [0.2, 0.25) is 0 Å². The summed E-state index contributed by atoms with van der Waals surface area (Å²) in [6, 6.07) is 0. The van der Waals surface area contributed by atoms with Gasteiger partial charge in [0, 0.05) is 11.3 Å². The van der Waals surface area contributed by atoms with E-state index < -0.39 is 0 Å². The van der Waals surface area contributed by atoms with Crippen LogP contribution in [0.4, 0.5) is 11.8 Å². The number of hydrogen-bond acceptors (Lipinski definition) is 7. The van der Waals surface area contributed by atoms with Crippen molar-refractivity contribution in [1.82, 2.24) is 24.5 Å². The maximum atomic E-state index is 5.80. The number of hydrogen-bond donors (Lipinski definition) is 2. The molecule has 1 aliphatic carbocycles. The molecule has 3 aromatic rings. The molecule has 0 aromatic carbocycles. The first kappa shape index (κ1) is 11.6. The van der Waals surface area contributed by atoms with Crippen LogP contribution in [0.15, 0.2) is 11.7 Å². The van der Waals surface area contributed by atoms with Crippen LogP contribution in [0.5, 0.6) is 0 Å². The highest BCUT2D eigenvalue weighted by molar-refractivity contribution is 7.09. The molecule has 1 aliphatic rings. The molecule has 1 saturated carbocycles. The molecule has 0 saturated heterocycles. The molecule has 1 fully saturated rings. The van der Waals surface area contributed by atoms with E-state index in [2.05, 4.69) is 25.3 Å². The number of nitrogens with two attached hydrogens (primary N) is 2. The molecule has 4 rings (SSSR count). The van der Waals surface area contributed by atoms with Gasteiger partial charge in [-0.1, -0.05) is 0 Å². The minimum Gasteiger partial charge on any atom is -0.382 e. The molecule has 3 heterocycles. The lowest BCUT2D eigenvalue weighted by atomic mass is 10.4. The van der Waals surface area contributed by atoms with Crippen LogP contribution in [0, 0.1) is 0 Å². The van der Waals surface area contributed by atoms with E-state index in [0.717, 1.165) is 5.69 Å². The minimum atomic E-state index is 0.161. The van der Waals surface area contributed by atoms with Crippen LogP contribution in [0.25, 0.3) is 11.2 Å². The lowest BCUT2D eigenvalue weighted by Gasteiger charge is -2.02. The number of nitrogens with zero attached hydrogens (tertiary/aromatic N) is 5. The number of rotatable bonds is 3. The van der Waals surface area contributed by atoms with E-state index in [1.165, 1.54) is 17.8 Å². The van der Waals surface area contributed by atoms with Crippen molar-refractivity contribution in [3.63, 3.8) is 0 Å². The van der Waals surface area contributed by atoms with Gasteiger partial charge in [0.25, 0.3) is 0 Å². The van der Waals surface area contributed by atoms with E-state index in [4.69, 9.17) is 11.5 Å². The fraction of sp³-hybridized carbons (Fsp3) is 0.333. The third-order valence-electron chi connectivity index (χ3n) is 3.34. The van der Waals surface area contributed by atoms with Gasteiger partial charge in [-0.05, 0) is 12.8 Å². The number of fused-ring (bicyclic) bond motifs is 1.